The Balaban J connectivity index is 2.05. The van der Waals surface area contributed by atoms with Gasteiger partial charge < -0.3 is 0 Å². The molecule has 0 saturated carbocycles. The lowest BCUT2D eigenvalue weighted by molar-refractivity contribution is 0.447. The van der Waals surface area contributed by atoms with Gasteiger partial charge in [0.15, 0.2) is 17.5 Å². The van der Waals surface area contributed by atoms with E-state index in [9.17, 15) is 17.6 Å². The number of aryl methyl sites for hydroxylation is 2. The van der Waals surface area contributed by atoms with Gasteiger partial charge in [-0.1, -0.05) is 37.3 Å². The molecule has 0 spiro atoms. The van der Waals surface area contributed by atoms with Gasteiger partial charge in [0, 0.05) is 5.56 Å². The summed E-state index contributed by atoms with van der Waals surface area (Å²) < 4.78 is 54.4. The van der Waals surface area contributed by atoms with Crippen LogP contribution in [0.5, 0.6) is 0 Å². The summed E-state index contributed by atoms with van der Waals surface area (Å²) >= 11 is 0. The van der Waals surface area contributed by atoms with Crippen LogP contribution in [-0.4, -0.2) is 0 Å². The van der Waals surface area contributed by atoms with Gasteiger partial charge >= 0.3 is 0 Å². The van der Waals surface area contributed by atoms with Crippen molar-refractivity contribution in [2.75, 3.05) is 0 Å². The van der Waals surface area contributed by atoms with Gasteiger partial charge in [0.2, 0.25) is 0 Å². The van der Waals surface area contributed by atoms with Crippen LogP contribution >= 0.6 is 0 Å². The van der Waals surface area contributed by atoms with Crippen LogP contribution in [0.4, 0.5) is 17.6 Å². The number of benzene rings is 3. The molecule has 0 aliphatic heterocycles. The topological polar surface area (TPSA) is 0 Å². The summed E-state index contributed by atoms with van der Waals surface area (Å²) in [5, 5.41) is 0. The van der Waals surface area contributed by atoms with Crippen LogP contribution in [0.3, 0.4) is 0 Å². The van der Waals surface area contributed by atoms with Gasteiger partial charge in [0.25, 0.3) is 0 Å². The van der Waals surface area contributed by atoms with E-state index in [2.05, 4.69) is 0 Å². The molecule has 128 valence electrons. The summed E-state index contributed by atoms with van der Waals surface area (Å²) in [6.45, 7) is 4.07. The highest BCUT2D eigenvalue weighted by molar-refractivity contribution is 5.71. The maximum absolute atomic E-state index is 14.5. The van der Waals surface area contributed by atoms with Crippen molar-refractivity contribution in [2.24, 2.45) is 0 Å². The van der Waals surface area contributed by atoms with Crippen LogP contribution in [0.1, 0.15) is 18.1 Å². The predicted octanol–water partition coefficient (Wildman–Crippen LogP) is 6.45. The zero-order valence-electron chi connectivity index (χ0n) is 13.8. The van der Waals surface area contributed by atoms with Gasteiger partial charge in [0.1, 0.15) is 5.82 Å². The van der Waals surface area contributed by atoms with Gasteiger partial charge in [-0.25, -0.2) is 17.6 Å². The zero-order valence-corrected chi connectivity index (χ0v) is 13.8. The van der Waals surface area contributed by atoms with E-state index in [1.165, 1.54) is 23.3 Å². The molecule has 0 saturated heterocycles. The third-order valence-electron chi connectivity index (χ3n) is 4.33. The van der Waals surface area contributed by atoms with Crippen LogP contribution < -0.4 is 0 Å². The Morgan fingerprint density at radius 1 is 0.680 bits per heavy atom. The molecule has 3 aromatic carbocycles. The summed E-state index contributed by atoms with van der Waals surface area (Å²) in [5.41, 5.74) is 3.84. The summed E-state index contributed by atoms with van der Waals surface area (Å²) in [6, 6.07) is 11.9. The molecular weight excluding hydrogens is 328 g/mol. The number of hydrogen-bond acceptors (Lipinski definition) is 0. The molecule has 0 radical (unpaired) electrons. The van der Waals surface area contributed by atoms with E-state index in [1.807, 2.05) is 32.0 Å². The lowest BCUT2D eigenvalue weighted by Crippen LogP contribution is -1.94. The van der Waals surface area contributed by atoms with E-state index in [0.29, 0.717) is 5.56 Å². The van der Waals surface area contributed by atoms with Crippen LogP contribution in [0, 0.1) is 30.2 Å². The fraction of sp³-hybridized carbons (Fsp3) is 0.143. The maximum atomic E-state index is 14.5. The van der Waals surface area contributed by atoms with Crippen molar-refractivity contribution in [3.05, 3.63) is 82.9 Å². The van der Waals surface area contributed by atoms with E-state index < -0.39 is 23.3 Å². The molecule has 3 rings (SSSR count). The van der Waals surface area contributed by atoms with Gasteiger partial charge in [0.05, 0.1) is 0 Å². The zero-order chi connectivity index (χ0) is 18.1. The molecule has 0 heterocycles. The molecule has 4 heteroatoms. The van der Waals surface area contributed by atoms with Crippen molar-refractivity contribution in [1.82, 2.24) is 0 Å². The third-order valence-corrected chi connectivity index (χ3v) is 4.33. The molecule has 0 bridgehead atoms. The van der Waals surface area contributed by atoms with Crippen molar-refractivity contribution < 1.29 is 17.6 Å². The number of halogens is 4. The standard InChI is InChI=1S/C21H16F4/c1-3-13-8-14(5-4-12(13)2)15-6-7-17(18(22)9-15)16-10-19(23)21(25)20(24)11-16/h4-11H,3H2,1-2H3. The molecule has 0 N–H and O–H groups in total. The average molecular weight is 344 g/mol. The average Bonchev–Trinajstić information content (AvgIpc) is 2.59. The molecule has 0 nitrogen and oxygen atoms in total. The second kappa shape index (κ2) is 6.71. The lowest BCUT2D eigenvalue weighted by atomic mass is 9.96. The van der Waals surface area contributed by atoms with Crippen molar-refractivity contribution >= 4 is 0 Å². The molecule has 0 aliphatic rings. The van der Waals surface area contributed by atoms with Crippen molar-refractivity contribution in [3.63, 3.8) is 0 Å². The Labute approximate surface area is 143 Å². The second-order valence-electron chi connectivity index (χ2n) is 5.94. The summed E-state index contributed by atoms with van der Waals surface area (Å²) in [6.07, 6.45) is 0.869. The van der Waals surface area contributed by atoms with E-state index in [0.717, 1.165) is 24.1 Å². The van der Waals surface area contributed by atoms with E-state index in [4.69, 9.17) is 0 Å². The Bertz CT molecular complexity index is 922. The highest BCUT2D eigenvalue weighted by Crippen LogP contribution is 2.30. The Morgan fingerprint density at radius 2 is 1.24 bits per heavy atom. The van der Waals surface area contributed by atoms with Crippen LogP contribution in [-0.2, 0) is 6.42 Å². The SMILES string of the molecule is CCc1cc(-c2ccc(-c3cc(F)c(F)c(F)c3)c(F)c2)ccc1C. The lowest BCUT2D eigenvalue weighted by Gasteiger charge is -2.10. The molecule has 0 fully saturated rings. The third kappa shape index (κ3) is 3.29. The van der Waals surface area contributed by atoms with Crippen molar-refractivity contribution in [1.29, 1.82) is 0 Å². The summed E-state index contributed by atoms with van der Waals surface area (Å²) in [5.74, 6) is -4.87. The predicted molar refractivity (Wildman–Crippen MR) is 91.3 cm³/mol. The smallest absolute Gasteiger partial charge is 0.194 e. The monoisotopic (exact) mass is 344 g/mol. The molecule has 0 atom stereocenters. The molecular formula is C21H16F4. The summed E-state index contributed by atoms with van der Waals surface area (Å²) in [7, 11) is 0. The second-order valence-corrected chi connectivity index (χ2v) is 5.94. The normalized spacial score (nSPS) is 11.0. The van der Waals surface area contributed by atoms with Gasteiger partial charge in [-0.05, 0) is 59.4 Å². The molecule has 3 aromatic rings. The van der Waals surface area contributed by atoms with Crippen molar-refractivity contribution in [3.8, 4) is 22.3 Å². The largest absolute Gasteiger partial charge is 0.206 e. The molecule has 0 unspecified atom stereocenters. The highest BCUT2D eigenvalue weighted by Gasteiger charge is 2.14. The first kappa shape index (κ1) is 17.2. The van der Waals surface area contributed by atoms with E-state index in [-0.39, 0.29) is 11.1 Å². The molecule has 0 aromatic heterocycles. The fourth-order valence-electron chi connectivity index (χ4n) is 2.87. The first-order valence-corrected chi connectivity index (χ1v) is 7.95. The summed E-state index contributed by atoms with van der Waals surface area (Å²) in [4.78, 5) is 0. The first-order chi connectivity index (χ1) is 11.9. The minimum absolute atomic E-state index is 0.0179. The molecule has 25 heavy (non-hydrogen) atoms. The van der Waals surface area contributed by atoms with Gasteiger partial charge in [-0.15, -0.1) is 0 Å². The number of rotatable bonds is 3. The Morgan fingerprint density at radius 3 is 1.84 bits per heavy atom. The molecule has 0 amide bonds. The number of hydrogen-bond donors (Lipinski definition) is 0. The molecule has 0 aliphatic carbocycles. The van der Waals surface area contributed by atoms with E-state index >= 15 is 0 Å². The van der Waals surface area contributed by atoms with Crippen LogP contribution in [0.15, 0.2) is 48.5 Å². The fourth-order valence-corrected chi connectivity index (χ4v) is 2.87. The van der Waals surface area contributed by atoms with E-state index in [1.54, 1.807) is 6.07 Å². The Hall–Kier alpha value is -2.62. The minimum Gasteiger partial charge on any atom is -0.206 e. The van der Waals surface area contributed by atoms with Crippen molar-refractivity contribution in [2.45, 2.75) is 20.3 Å². The first-order valence-electron chi connectivity index (χ1n) is 7.95. The minimum atomic E-state index is -1.56. The highest BCUT2D eigenvalue weighted by atomic mass is 19.2. The quantitative estimate of drug-likeness (QED) is 0.378. The van der Waals surface area contributed by atoms with Gasteiger partial charge in [-0.3, -0.25) is 0 Å². The Kier molecular flexibility index (Phi) is 4.62. The van der Waals surface area contributed by atoms with Crippen LogP contribution in [0.2, 0.25) is 0 Å². The maximum Gasteiger partial charge on any atom is 0.194 e. The van der Waals surface area contributed by atoms with Gasteiger partial charge in [-0.2, -0.15) is 0 Å². The van der Waals surface area contributed by atoms with Crippen LogP contribution in [0.25, 0.3) is 22.3 Å².